The number of unbranched alkanes of at least 4 members (excludes halogenated alkanes) is 1. The molecule has 2 heterocycles. The van der Waals surface area contributed by atoms with Gasteiger partial charge in [-0.15, -0.1) is 0 Å². The third-order valence-corrected chi connectivity index (χ3v) is 3.94. The fourth-order valence-corrected chi connectivity index (χ4v) is 2.70. The highest BCUT2D eigenvalue weighted by molar-refractivity contribution is 5.84. The fraction of sp³-hybridized carbons (Fsp3) is 0.667. The van der Waals surface area contributed by atoms with Gasteiger partial charge in [0.15, 0.2) is 5.69 Å². The molecule has 0 aliphatic carbocycles. The molecule has 0 aromatic carbocycles. The van der Waals surface area contributed by atoms with Gasteiger partial charge in [0.2, 0.25) is 0 Å². The number of likely N-dealkylation sites (tertiary alicyclic amines) is 1. The van der Waals surface area contributed by atoms with Gasteiger partial charge < -0.3 is 10.4 Å². The molecule has 2 N–H and O–H groups in total. The first-order valence-corrected chi connectivity index (χ1v) is 7.74. The fourth-order valence-electron chi connectivity index (χ4n) is 2.70. The highest BCUT2D eigenvalue weighted by Gasteiger charge is 2.21. The normalized spacial score (nSPS) is 19.4. The molecule has 1 aromatic rings. The molecule has 6 nitrogen and oxygen atoms in total. The molecule has 0 saturated carbocycles. The van der Waals surface area contributed by atoms with Gasteiger partial charge in [0, 0.05) is 12.6 Å². The number of carboxylic acid groups (broad SMARTS) is 1. The summed E-state index contributed by atoms with van der Waals surface area (Å²) in [5, 5.41) is 12.1. The van der Waals surface area contributed by atoms with Crippen LogP contribution in [0.1, 0.15) is 49.5 Å². The van der Waals surface area contributed by atoms with E-state index in [1.165, 1.54) is 51.0 Å². The Balaban J connectivity index is 1.86. The Bertz CT molecular complexity index is 449. The highest BCUT2D eigenvalue weighted by atomic mass is 16.4. The smallest absolute Gasteiger partial charge is 0.356 e. The Morgan fingerprint density at radius 3 is 2.95 bits per heavy atom. The SMILES string of the molecule is CCCCN1CCCCC1CNc1cnc(C(=O)O)cn1. The van der Waals surface area contributed by atoms with Crippen molar-refractivity contribution in [1.82, 2.24) is 14.9 Å². The zero-order chi connectivity index (χ0) is 15.1. The lowest BCUT2D eigenvalue weighted by atomic mass is 10.0. The van der Waals surface area contributed by atoms with Crippen molar-refractivity contribution in [3.63, 3.8) is 0 Å². The molecule has 1 aliphatic heterocycles. The van der Waals surface area contributed by atoms with Gasteiger partial charge in [0.05, 0.1) is 12.4 Å². The third-order valence-electron chi connectivity index (χ3n) is 3.94. The van der Waals surface area contributed by atoms with E-state index in [1.54, 1.807) is 0 Å². The summed E-state index contributed by atoms with van der Waals surface area (Å²) in [7, 11) is 0. The summed E-state index contributed by atoms with van der Waals surface area (Å²) < 4.78 is 0. The molecule has 1 fully saturated rings. The van der Waals surface area contributed by atoms with Crippen LogP contribution in [0, 0.1) is 0 Å². The van der Waals surface area contributed by atoms with Crippen LogP contribution in [-0.2, 0) is 0 Å². The van der Waals surface area contributed by atoms with Gasteiger partial charge in [-0.3, -0.25) is 4.90 Å². The van der Waals surface area contributed by atoms with Gasteiger partial charge in [0.1, 0.15) is 5.82 Å². The molecule has 2 rings (SSSR count). The average molecular weight is 292 g/mol. The molecule has 0 spiro atoms. The molecule has 1 saturated heterocycles. The number of anilines is 1. The monoisotopic (exact) mass is 292 g/mol. The van der Waals surface area contributed by atoms with E-state index in [2.05, 4.69) is 27.1 Å². The summed E-state index contributed by atoms with van der Waals surface area (Å²) in [6.07, 6.45) is 9.01. The van der Waals surface area contributed by atoms with Crippen molar-refractivity contribution in [3.8, 4) is 0 Å². The van der Waals surface area contributed by atoms with Crippen LogP contribution in [0.4, 0.5) is 5.82 Å². The first-order chi connectivity index (χ1) is 10.2. The largest absolute Gasteiger partial charge is 0.476 e. The molecular weight excluding hydrogens is 268 g/mol. The van der Waals surface area contributed by atoms with Gasteiger partial charge >= 0.3 is 5.97 Å². The molecule has 0 bridgehead atoms. The topological polar surface area (TPSA) is 78.4 Å². The first kappa shape index (κ1) is 15.7. The predicted molar refractivity (Wildman–Crippen MR) is 81.6 cm³/mol. The Kier molecular flexibility index (Phi) is 5.92. The van der Waals surface area contributed by atoms with Crippen LogP contribution in [0.15, 0.2) is 12.4 Å². The standard InChI is InChI=1S/C15H24N4O2/c1-2-3-7-19-8-5-4-6-12(19)9-17-14-11-16-13(10-18-14)15(20)21/h10-12H,2-9H2,1H3,(H,17,18)(H,20,21). The van der Waals surface area contributed by atoms with E-state index >= 15 is 0 Å². The van der Waals surface area contributed by atoms with Crippen LogP contribution >= 0.6 is 0 Å². The molecule has 0 radical (unpaired) electrons. The third kappa shape index (κ3) is 4.67. The molecular formula is C15H24N4O2. The van der Waals surface area contributed by atoms with Crippen molar-refractivity contribution < 1.29 is 9.90 Å². The number of nitrogens with one attached hydrogen (secondary N) is 1. The van der Waals surface area contributed by atoms with Crippen LogP contribution in [0.5, 0.6) is 0 Å². The number of carboxylic acids is 1. The lowest BCUT2D eigenvalue weighted by Crippen LogP contribution is -2.44. The molecule has 21 heavy (non-hydrogen) atoms. The van der Waals surface area contributed by atoms with Crippen molar-refractivity contribution in [1.29, 1.82) is 0 Å². The van der Waals surface area contributed by atoms with Crippen LogP contribution < -0.4 is 5.32 Å². The van der Waals surface area contributed by atoms with Crippen LogP contribution in [0.2, 0.25) is 0 Å². The van der Waals surface area contributed by atoms with E-state index in [4.69, 9.17) is 5.11 Å². The maximum atomic E-state index is 10.7. The number of hydrogen-bond donors (Lipinski definition) is 2. The second-order valence-electron chi connectivity index (χ2n) is 5.51. The van der Waals surface area contributed by atoms with Gasteiger partial charge in [-0.05, 0) is 32.4 Å². The molecule has 116 valence electrons. The summed E-state index contributed by atoms with van der Waals surface area (Å²) in [5.41, 5.74) is -0.0252. The van der Waals surface area contributed by atoms with Crippen molar-refractivity contribution >= 4 is 11.8 Å². The average Bonchev–Trinajstić information content (AvgIpc) is 2.52. The van der Waals surface area contributed by atoms with E-state index in [1.807, 2.05) is 0 Å². The second-order valence-corrected chi connectivity index (χ2v) is 5.51. The lowest BCUT2D eigenvalue weighted by Gasteiger charge is -2.35. The maximum Gasteiger partial charge on any atom is 0.356 e. The minimum Gasteiger partial charge on any atom is -0.476 e. The maximum absolute atomic E-state index is 10.7. The lowest BCUT2D eigenvalue weighted by molar-refractivity contribution is 0.0690. The number of rotatable bonds is 7. The Labute approximate surface area is 125 Å². The van der Waals surface area contributed by atoms with E-state index in [0.717, 1.165) is 13.1 Å². The van der Waals surface area contributed by atoms with E-state index in [0.29, 0.717) is 11.9 Å². The molecule has 1 aromatic heterocycles. The van der Waals surface area contributed by atoms with Gasteiger partial charge in [-0.25, -0.2) is 14.8 Å². The van der Waals surface area contributed by atoms with Crippen molar-refractivity contribution in [3.05, 3.63) is 18.1 Å². The van der Waals surface area contributed by atoms with Crippen molar-refractivity contribution in [2.75, 3.05) is 25.0 Å². The van der Waals surface area contributed by atoms with Crippen LogP contribution in [0.3, 0.4) is 0 Å². The molecule has 1 unspecified atom stereocenters. The molecule has 1 atom stereocenters. The van der Waals surface area contributed by atoms with Gasteiger partial charge in [0.25, 0.3) is 0 Å². The summed E-state index contributed by atoms with van der Waals surface area (Å²) >= 11 is 0. The predicted octanol–water partition coefficient (Wildman–Crippen LogP) is 2.24. The Morgan fingerprint density at radius 1 is 1.43 bits per heavy atom. The minimum atomic E-state index is -1.05. The second kappa shape index (κ2) is 7.93. The number of nitrogens with zero attached hydrogens (tertiary/aromatic N) is 3. The summed E-state index contributed by atoms with van der Waals surface area (Å²) in [6, 6.07) is 0.534. The molecule has 6 heteroatoms. The van der Waals surface area contributed by atoms with Crippen LogP contribution in [0.25, 0.3) is 0 Å². The number of hydrogen-bond acceptors (Lipinski definition) is 5. The summed E-state index contributed by atoms with van der Waals surface area (Å²) in [6.45, 7) is 5.39. The number of piperidine rings is 1. The van der Waals surface area contributed by atoms with E-state index < -0.39 is 5.97 Å². The Hall–Kier alpha value is -1.69. The van der Waals surface area contributed by atoms with Gasteiger partial charge in [-0.1, -0.05) is 19.8 Å². The minimum absolute atomic E-state index is 0.0252. The number of aromatic carboxylic acids is 1. The molecule has 0 amide bonds. The number of aromatic nitrogens is 2. The number of carbonyl (C=O) groups is 1. The van der Waals surface area contributed by atoms with Gasteiger partial charge in [-0.2, -0.15) is 0 Å². The zero-order valence-electron chi connectivity index (χ0n) is 12.6. The van der Waals surface area contributed by atoms with Crippen LogP contribution in [-0.4, -0.2) is 51.6 Å². The quantitative estimate of drug-likeness (QED) is 0.802. The Morgan fingerprint density at radius 2 is 2.29 bits per heavy atom. The van der Waals surface area contributed by atoms with Crippen molar-refractivity contribution in [2.45, 2.75) is 45.1 Å². The van der Waals surface area contributed by atoms with E-state index in [-0.39, 0.29) is 5.69 Å². The first-order valence-electron chi connectivity index (χ1n) is 7.74. The zero-order valence-corrected chi connectivity index (χ0v) is 12.6. The summed E-state index contributed by atoms with van der Waals surface area (Å²) in [5.74, 6) is -0.409. The summed E-state index contributed by atoms with van der Waals surface area (Å²) in [4.78, 5) is 21.3. The highest BCUT2D eigenvalue weighted by Crippen LogP contribution is 2.18. The molecule has 1 aliphatic rings. The van der Waals surface area contributed by atoms with E-state index in [9.17, 15) is 4.79 Å². The van der Waals surface area contributed by atoms with Crippen molar-refractivity contribution in [2.24, 2.45) is 0 Å².